The van der Waals surface area contributed by atoms with Crippen LogP contribution in [-0.2, 0) is 0 Å². The second kappa shape index (κ2) is 3.11. The van der Waals surface area contributed by atoms with Crippen LogP contribution < -0.4 is 5.32 Å². The predicted molar refractivity (Wildman–Crippen MR) is 47.3 cm³/mol. The number of hydrogen-bond donors (Lipinski definition) is 1. The summed E-state index contributed by atoms with van der Waals surface area (Å²) in [5.41, 5.74) is 0.532. The lowest BCUT2D eigenvalue weighted by molar-refractivity contribution is 0.360. The zero-order chi connectivity index (χ0) is 8.55. The highest BCUT2D eigenvalue weighted by atomic mass is 79.9. The van der Waals surface area contributed by atoms with E-state index in [-0.39, 0.29) is 11.9 Å². The number of nitrogens with one attached hydrogen (secondary N) is 1. The largest absolute Gasteiger partial charge is 0.308 e. The summed E-state index contributed by atoms with van der Waals surface area (Å²) in [5, 5.41) is 3.10. The maximum atomic E-state index is 13.2. The predicted octanol–water partition coefficient (Wildman–Crippen LogP) is 2.02. The molecule has 64 valence electrons. The van der Waals surface area contributed by atoms with Crippen LogP contribution in [0.2, 0.25) is 0 Å². The standard InChI is InChI=1S/C8H8BrFN2/c9-5-3-6(10)8(12-4-5)7-1-2-11-7/h3-4,7,11H,1-2H2/t7-/m0/s1. The van der Waals surface area contributed by atoms with Gasteiger partial charge in [0.25, 0.3) is 0 Å². The van der Waals surface area contributed by atoms with Crippen LogP contribution in [0.1, 0.15) is 18.2 Å². The molecule has 0 amide bonds. The molecule has 0 bridgehead atoms. The van der Waals surface area contributed by atoms with Crippen LogP contribution in [0, 0.1) is 5.82 Å². The summed E-state index contributed by atoms with van der Waals surface area (Å²) in [6.45, 7) is 0.960. The monoisotopic (exact) mass is 230 g/mol. The zero-order valence-electron chi connectivity index (χ0n) is 6.35. The third kappa shape index (κ3) is 1.36. The molecular formula is C8H8BrFN2. The number of halogens is 2. The molecule has 1 aliphatic rings. The van der Waals surface area contributed by atoms with Gasteiger partial charge in [-0.25, -0.2) is 4.39 Å². The number of aromatic nitrogens is 1. The zero-order valence-corrected chi connectivity index (χ0v) is 7.94. The Hall–Kier alpha value is -0.480. The van der Waals surface area contributed by atoms with E-state index in [0.717, 1.165) is 13.0 Å². The van der Waals surface area contributed by atoms with Gasteiger partial charge in [0, 0.05) is 10.7 Å². The molecule has 1 fully saturated rings. The fourth-order valence-electron chi connectivity index (χ4n) is 1.20. The first-order valence-electron chi connectivity index (χ1n) is 3.81. The molecule has 1 aromatic heterocycles. The molecule has 2 heterocycles. The lowest BCUT2D eigenvalue weighted by Crippen LogP contribution is -2.36. The summed E-state index contributed by atoms with van der Waals surface area (Å²) in [5.74, 6) is -0.235. The highest BCUT2D eigenvalue weighted by Crippen LogP contribution is 2.24. The minimum atomic E-state index is -0.235. The van der Waals surface area contributed by atoms with E-state index in [0.29, 0.717) is 10.2 Å². The van der Waals surface area contributed by atoms with Crippen molar-refractivity contribution in [3.05, 3.63) is 28.2 Å². The third-order valence-corrected chi connectivity index (χ3v) is 2.42. The lowest BCUT2D eigenvalue weighted by atomic mass is 10.0. The van der Waals surface area contributed by atoms with E-state index in [2.05, 4.69) is 26.2 Å². The Balaban J connectivity index is 2.31. The van der Waals surface area contributed by atoms with Crippen LogP contribution in [0.15, 0.2) is 16.7 Å². The quantitative estimate of drug-likeness (QED) is 0.799. The lowest BCUT2D eigenvalue weighted by Gasteiger charge is -2.27. The highest BCUT2D eigenvalue weighted by Gasteiger charge is 2.22. The van der Waals surface area contributed by atoms with Crippen molar-refractivity contribution in [2.75, 3.05) is 6.54 Å². The van der Waals surface area contributed by atoms with Crippen molar-refractivity contribution in [1.29, 1.82) is 0 Å². The van der Waals surface area contributed by atoms with Gasteiger partial charge in [-0.15, -0.1) is 0 Å². The number of nitrogens with zero attached hydrogens (tertiary/aromatic N) is 1. The average molecular weight is 231 g/mol. The summed E-state index contributed by atoms with van der Waals surface area (Å²) in [6.07, 6.45) is 2.60. The molecule has 1 atom stereocenters. The van der Waals surface area contributed by atoms with Crippen LogP contribution in [0.3, 0.4) is 0 Å². The molecule has 0 aliphatic carbocycles. The Morgan fingerprint density at radius 1 is 1.67 bits per heavy atom. The van der Waals surface area contributed by atoms with Crippen molar-refractivity contribution in [3.63, 3.8) is 0 Å². The van der Waals surface area contributed by atoms with Crippen LogP contribution in [0.25, 0.3) is 0 Å². The summed E-state index contributed by atoms with van der Waals surface area (Å²) in [7, 11) is 0. The molecule has 1 saturated heterocycles. The Kier molecular flexibility index (Phi) is 2.11. The third-order valence-electron chi connectivity index (χ3n) is 1.99. The molecule has 0 radical (unpaired) electrons. The first-order valence-corrected chi connectivity index (χ1v) is 4.61. The maximum Gasteiger partial charge on any atom is 0.147 e. The van der Waals surface area contributed by atoms with Gasteiger partial charge in [0.05, 0.1) is 11.7 Å². The fourth-order valence-corrected chi connectivity index (χ4v) is 1.51. The second-order valence-corrected chi connectivity index (χ2v) is 3.73. The number of hydrogen-bond acceptors (Lipinski definition) is 2. The van der Waals surface area contributed by atoms with E-state index in [4.69, 9.17) is 0 Å². The molecular weight excluding hydrogens is 223 g/mol. The minimum absolute atomic E-state index is 0.123. The second-order valence-electron chi connectivity index (χ2n) is 2.82. The molecule has 0 unspecified atom stereocenters. The van der Waals surface area contributed by atoms with Gasteiger partial charge in [-0.05, 0) is 35.0 Å². The van der Waals surface area contributed by atoms with Gasteiger partial charge in [-0.1, -0.05) is 0 Å². The Morgan fingerprint density at radius 2 is 2.42 bits per heavy atom. The van der Waals surface area contributed by atoms with Gasteiger partial charge >= 0.3 is 0 Å². The van der Waals surface area contributed by atoms with Gasteiger partial charge in [-0.3, -0.25) is 4.98 Å². The van der Waals surface area contributed by atoms with E-state index in [1.807, 2.05) is 0 Å². The normalized spacial score (nSPS) is 22.0. The van der Waals surface area contributed by atoms with Crippen molar-refractivity contribution in [2.24, 2.45) is 0 Å². The highest BCUT2D eigenvalue weighted by molar-refractivity contribution is 9.10. The minimum Gasteiger partial charge on any atom is -0.308 e. The first kappa shape index (κ1) is 8.13. The van der Waals surface area contributed by atoms with Crippen LogP contribution in [0.5, 0.6) is 0 Å². The van der Waals surface area contributed by atoms with E-state index < -0.39 is 0 Å². The van der Waals surface area contributed by atoms with E-state index in [1.54, 1.807) is 6.20 Å². The maximum absolute atomic E-state index is 13.2. The Labute approximate surface area is 78.3 Å². The molecule has 0 aromatic carbocycles. The van der Waals surface area contributed by atoms with Gasteiger partial charge < -0.3 is 5.32 Å². The van der Waals surface area contributed by atoms with Gasteiger partial charge in [0.15, 0.2) is 0 Å². The fraction of sp³-hybridized carbons (Fsp3) is 0.375. The van der Waals surface area contributed by atoms with Gasteiger partial charge in [0.2, 0.25) is 0 Å². The SMILES string of the molecule is Fc1cc(Br)cnc1[C@@H]1CCN1. The summed E-state index contributed by atoms with van der Waals surface area (Å²) >= 11 is 3.16. The van der Waals surface area contributed by atoms with Crippen molar-refractivity contribution in [3.8, 4) is 0 Å². The molecule has 12 heavy (non-hydrogen) atoms. The molecule has 0 spiro atoms. The summed E-state index contributed by atoms with van der Waals surface area (Å²) < 4.78 is 13.9. The average Bonchev–Trinajstić information content (AvgIpc) is 1.91. The van der Waals surface area contributed by atoms with Crippen LogP contribution in [0.4, 0.5) is 4.39 Å². The topological polar surface area (TPSA) is 24.9 Å². The molecule has 2 nitrogen and oxygen atoms in total. The van der Waals surface area contributed by atoms with Gasteiger partial charge in [0.1, 0.15) is 5.82 Å². The van der Waals surface area contributed by atoms with Crippen molar-refractivity contribution in [1.82, 2.24) is 10.3 Å². The van der Waals surface area contributed by atoms with E-state index in [9.17, 15) is 4.39 Å². The molecule has 1 N–H and O–H groups in total. The molecule has 0 saturated carbocycles. The first-order chi connectivity index (χ1) is 5.77. The summed E-state index contributed by atoms with van der Waals surface area (Å²) in [4.78, 5) is 4.02. The van der Waals surface area contributed by atoms with E-state index >= 15 is 0 Å². The molecule has 4 heteroatoms. The van der Waals surface area contributed by atoms with Crippen LogP contribution in [-0.4, -0.2) is 11.5 Å². The Bertz CT molecular complexity index is 299. The number of pyridine rings is 1. The van der Waals surface area contributed by atoms with Crippen LogP contribution >= 0.6 is 15.9 Å². The summed E-state index contributed by atoms with van der Waals surface area (Å²) in [6, 6.07) is 1.57. The van der Waals surface area contributed by atoms with Crippen molar-refractivity contribution in [2.45, 2.75) is 12.5 Å². The van der Waals surface area contributed by atoms with Crippen molar-refractivity contribution >= 4 is 15.9 Å². The molecule has 1 aliphatic heterocycles. The number of rotatable bonds is 1. The molecule has 1 aromatic rings. The van der Waals surface area contributed by atoms with E-state index in [1.165, 1.54) is 6.07 Å². The Morgan fingerprint density at radius 3 is 2.92 bits per heavy atom. The smallest absolute Gasteiger partial charge is 0.147 e. The van der Waals surface area contributed by atoms with Gasteiger partial charge in [-0.2, -0.15) is 0 Å². The van der Waals surface area contributed by atoms with Crippen molar-refractivity contribution < 1.29 is 4.39 Å². The molecule has 2 rings (SSSR count).